The van der Waals surface area contributed by atoms with Crippen molar-refractivity contribution < 1.29 is 9.90 Å². The van der Waals surface area contributed by atoms with Gasteiger partial charge < -0.3 is 5.11 Å². The molecule has 0 amide bonds. The van der Waals surface area contributed by atoms with Gasteiger partial charge in [-0.15, -0.1) is 0 Å². The summed E-state index contributed by atoms with van der Waals surface area (Å²) in [4.78, 5) is 13.8. The lowest BCUT2D eigenvalue weighted by Crippen LogP contribution is -2.48. The normalized spacial score (nSPS) is 51.8. The highest BCUT2D eigenvalue weighted by molar-refractivity contribution is 6.08. The Morgan fingerprint density at radius 1 is 1.17 bits per heavy atom. The Balaban J connectivity index is 1.85. The molecule has 5 rings (SSSR count). The minimum Gasteiger partial charge on any atom is -0.388 e. The zero-order valence-corrected chi connectivity index (χ0v) is 14.7. The number of ketones is 1. The van der Waals surface area contributed by atoms with Crippen molar-refractivity contribution in [1.29, 1.82) is 0 Å². The van der Waals surface area contributed by atoms with E-state index in [4.69, 9.17) is 0 Å². The summed E-state index contributed by atoms with van der Waals surface area (Å²) < 4.78 is 0. The number of hydrogen-bond donors (Lipinski definition) is 1. The van der Waals surface area contributed by atoms with Gasteiger partial charge in [-0.1, -0.05) is 32.4 Å². The van der Waals surface area contributed by atoms with Crippen LogP contribution in [0.2, 0.25) is 0 Å². The second-order valence-corrected chi connectivity index (χ2v) is 9.41. The zero-order valence-electron chi connectivity index (χ0n) is 14.7. The first kappa shape index (κ1) is 14.2. The molecule has 2 bridgehead atoms. The van der Waals surface area contributed by atoms with Gasteiger partial charge >= 0.3 is 0 Å². The summed E-state index contributed by atoms with van der Waals surface area (Å²) >= 11 is 0. The predicted molar refractivity (Wildman–Crippen MR) is 89.6 cm³/mol. The van der Waals surface area contributed by atoms with Crippen molar-refractivity contribution in [2.24, 2.45) is 34.0 Å². The highest BCUT2D eigenvalue weighted by Gasteiger charge is 2.79. The van der Waals surface area contributed by atoms with Crippen LogP contribution in [0.4, 0.5) is 0 Å². The number of allylic oxidation sites excluding steroid dienone is 5. The van der Waals surface area contributed by atoms with Crippen LogP contribution in [-0.2, 0) is 4.79 Å². The molecule has 0 aliphatic heterocycles. The third kappa shape index (κ3) is 1.22. The first-order chi connectivity index (χ1) is 10.7. The van der Waals surface area contributed by atoms with Crippen LogP contribution in [0.5, 0.6) is 0 Å². The largest absolute Gasteiger partial charge is 0.388 e. The fourth-order valence-electron chi connectivity index (χ4n) is 6.85. The summed E-state index contributed by atoms with van der Waals surface area (Å²) in [6.45, 7) is 11.0. The minimum absolute atomic E-state index is 0.153. The van der Waals surface area contributed by atoms with Gasteiger partial charge in [-0.05, 0) is 67.1 Å². The molecule has 2 fully saturated rings. The van der Waals surface area contributed by atoms with Crippen molar-refractivity contribution in [1.82, 2.24) is 0 Å². The van der Waals surface area contributed by atoms with Gasteiger partial charge in [0.25, 0.3) is 0 Å². The average Bonchev–Trinajstić information content (AvgIpc) is 3.32. The number of carbonyl (C=O) groups is 1. The molecule has 0 saturated heterocycles. The van der Waals surface area contributed by atoms with E-state index >= 15 is 0 Å². The van der Waals surface area contributed by atoms with Crippen LogP contribution in [0.3, 0.4) is 0 Å². The highest BCUT2D eigenvalue weighted by atomic mass is 16.3. The Morgan fingerprint density at radius 3 is 2.52 bits per heavy atom. The van der Waals surface area contributed by atoms with Crippen LogP contribution in [0.25, 0.3) is 0 Å². The standard InChI is InChI=1S/C21H26O2/c1-10-6-13-16-14(19(16,4)5)7-12(3)20(18(13)23)8-11(2)15-9-21(15,20)17(10)22/h6,8,12,14-15,17,22H,7,9H2,1-5H3. The molecule has 6 atom stereocenters. The van der Waals surface area contributed by atoms with Gasteiger partial charge in [-0.3, -0.25) is 4.79 Å². The summed E-state index contributed by atoms with van der Waals surface area (Å²) in [5, 5.41) is 11.2. The minimum atomic E-state index is -0.482. The molecule has 1 N–H and O–H groups in total. The SMILES string of the molecule is CC1=CC2=C3C(CC(C)C4(C=C(C)C5CC54C1O)C2=O)C3(C)C. The molecule has 6 unspecified atom stereocenters. The number of carbonyl (C=O) groups excluding carboxylic acids is 1. The second kappa shape index (κ2) is 3.59. The Bertz CT molecular complexity index is 765. The van der Waals surface area contributed by atoms with Gasteiger partial charge in [0.05, 0.1) is 11.5 Å². The molecule has 5 aliphatic carbocycles. The summed E-state index contributed by atoms with van der Waals surface area (Å²) in [6.07, 6.45) is 5.88. The van der Waals surface area contributed by atoms with Crippen molar-refractivity contribution in [3.05, 3.63) is 34.4 Å². The Morgan fingerprint density at radius 2 is 1.87 bits per heavy atom. The summed E-state index contributed by atoms with van der Waals surface area (Å²) in [7, 11) is 0. The fraction of sp³-hybridized carbons (Fsp3) is 0.667. The van der Waals surface area contributed by atoms with Crippen LogP contribution < -0.4 is 0 Å². The van der Waals surface area contributed by atoms with Crippen molar-refractivity contribution >= 4 is 5.78 Å². The van der Waals surface area contributed by atoms with Gasteiger partial charge in [-0.25, -0.2) is 0 Å². The monoisotopic (exact) mass is 310 g/mol. The number of fused-ring (bicyclic) bond motifs is 2. The molecule has 2 heteroatoms. The molecule has 0 aromatic heterocycles. The van der Waals surface area contributed by atoms with Crippen LogP contribution >= 0.6 is 0 Å². The van der Waals surface area contributed by atoms with Crippen LogP contribution in [0, 0.1) is 34.0 Å². The van der Waals surface area contributed by atoms with E-state index in [1.807, 2.05) is 13.0 Å². The molecular weight excluding hydrogens is 284 g/mol. The van der Waals surface area contributed by atoms with Crippen LogP contribution in [0.15, 0.2) is 34.4 Å². The lowest BCUT2D eigenvalue weighted by atomic mass is 9.60. The maximum atomic E-state index is 13.8. The molecule has 122 valence electrons. The summed E-state index contributed by atoms with van der Waals surface area (Å²) in [5.74, 6) is 1.55. The number of aliphatic hydroxyl groups is 1. The topological polar surface area (TPSA) is 37.3 Å². The van der Waals surface area contributed by atoms with Crippen molar-refractivity contribution in [3.63, 3.8) is 0 Å². The van der Waals surface area contributed by atoms with Gasteiger partial charge in [0.2, 0.25) is 0 Å². The second-order valence-electron chi connectivity index (χ2n) is 9.41. The van der Waals surface area contributed by atoms with E-state index in [1.165, 1.54) is 11.1 Å². The molecular formula is C21H26O2. The number of aliphatic hydroxyl groups excluding tert-OH is 1. The number of hydrogen-bond acceptors (Lipinski definition) is 2. The number of Topliss-reactive ketones (excluding diaryl/α,β-unsaturated/α-hetero) is 1. The Hall–Kier alpha value is -1.15. The van der Waals surface area contributed by atoms with E-state index in [0.29, 0.717) is 23.5 Å². The van der Waals surface area contributed by atoms with Gasteiger partial charge in [0, 0.05) is 11.0 Å². The maximum absolute atomic E-state index is 13.8. The maximum Gasteiger partial charge on any atom is 0.173 e. The molecule has 2 spiro atoms. The number of rotatable bonds is 0. The van der Waals surface area contributed by atoms with Crippen molar-refractivity contribution in [2.75, 3.05) is 0 Å². The van der Waals surface area contributed by atoms with Crippen molar-refractivity contribution in [2.45, 2.75) is 53.6 Å². The molecule has 2 saturated carbocycles. The Kier molecular flexibility index (Phi) is 2.22. The first-order valence-electron chi connectivity index (χ1n) is 9.04. The zero-order chi connectivity index (χ0) is 16.5. The predicted octanol–water partition coefficient (Wildman–Crippen LogP) is 3.82. The molecule has 2 nitrogen and oxygen atoms in total. The van der Waals surface area contributed by atoms with Gasteiger partial charge in [0.1, 0.15) is 0 Å². The molecule has 5 aliphatic rings. The highest BCUT2D eigenvalue weighted by Crippen LogP contribution is 2.80. The molecule has 0 aromatic rings. The van der Waals surface area contributed by atoms with E-state index in [-0.39, 0.29) is 10.8 Å². The van der Waals surface area contributed by atoms with E-state index < -0.39 is 11.5 Å². The third-order valence-corrected chi connectivity index (χ3v) is 8.18. The molecule has 0 aromatic carbocycles. The average molecular weight is 310 g/mol. The smallest absolute Gasteiger partial charge is 0.173 e. The van der Waals surface area contributed by atoms with E-state index in [2.05, 4.69) is 33.8 Å². The third-order valence-electron chi connectivity index (χ3n) is 8.18. The van der Waals surface area contributed by atoms with E-state index in [1.54, 1.807) is 0 Å². The lowest BCUT2D eigenvalue weighted by Gasteiger charge is -2.42. The summed E-state index contributed by atoms with van der Waals surface area (Å²) in [5.41, 5.74) is 4.04. The van der Waals surface area contributed by atoms with E-state index in [9.17, 15) is 9.90 Å². The molecule has 0 heterocycles. The molecule has 0 radical (unpaired) electrons. The first-order valence-corrected chi connectivity index (χ1v) is 9.04. The quantitative estimate of drug-likeness (QED) is 0.691. The van der Waals surface area contributed by atoms with Crippen molar-refractivity contribution in [3.8, 4) is 0 Å². The van der Waals surface area contributed by atoms with Crippen LogP contribution in [-0.4, -0.2) is 17.0 Å². The lowest BCUT2D eigenvalue weighted by molar-refractivity contribution is -0.131. The Labute approximate surface area is 138 Å². The molecule has 23 heavy (non-hydrogen) atoms. The van der Waals surface area contributed by atoms with Gasteiger partial charge in [0.15, 0.2) is 5.78 Å². The van der Waals surface area contributed by atoms with Gasteiger partial charge in [-0.2, -0.15) is 0 Å². The summed E-state index contributed by atoms with van der Waals surface area (Å²) in [6, 6.07) is 0. The van der Waals surface area contributed by atoms with E-state index in [0.717, 1.165) is 24.0 Å². The van der Waals surface area contributed by atoms with Crippen LogP contribution in [0.1, 0.15) is 47.5 Å². The fourth-order valence-corrected chi connectivity index (χ4v) is 6.85.